The number of para-hydroxylation sites is 2. The fraction of sp³-hybridized carbons (Fsp3) is 0.163. The number of aromatic nitrogens is 2. The lowest BCUT2D eigenvalue weighted by Crippen LogP contribution is -2.25. The molecule has 0 saturated heterocycles. The molecule has 0 saturated carbocycles. The Kier molecular flexibility index (Phi) is 7.59. The zero-order chi connectivity index (χ0) is 37.6. The van der Waals surface area contributed by atoms with Crippen LogP contribution in [0.25, 0.3) is 47.8 Å². The van der Waals surface area contributed by atoms with Gasteiger partial charge in [-0.05, 0) is 104 Å². The van der Waals surface area contributed by atoms with Crippen molar-refractivity contribution >= 4 is 76.1 Å². The van der Waals surface area contributed by atoms with Crippen LogP contribution in [0.5, 0.6) is 11.5 Å². The van der Waals surface area contributed by atoms with Crippen LogP contribution in [0.3, 0.4) is 0 Å². The fourth-order valence-corrected chi connectivity index (χ4v) is 9.79. The highest BCUT2D eigenvalue weighted by Crippen LogP contribution is 2.47. The number of ether oxygens (including phenoxy) is 1. The van der Waals surface area contributed by atoms with Gasteiger partial charge in [0, 0.05) is 60.6 Å². The van der Waals surface area contributed by atoms with E-state index in [-0.39, 0.29) is 5.41 Å². The summed E-state index contributed by atoms with van der Waals surface area (Å²) in [5.74, 6) is 2.48. The molecule has 0 N–H and O–H groups in total. The van der Waals surface area contributed by atoms with E-state index in [4.69, 9.17) is 9.72 Å². The van der Waals surface area contributed by atoms with Gasteiger partial charge in [-0.1, -0.05) is 80.9 Å². The van der Waals surface area contributed by atoms with Gasteiger partial charge < -0.3 is 14.5 Å². The molecule has 3 aromatic heterocycles. The van der Waals surface area contributed by atoms with Gasteiger partial charge >= 0.3 is 0 Å². The number of hydrogen-bond donors (Lipinski definition) is 0. The summed E-state index contributed by atoms with van der Waals surface area (Å²) < 4.78 is 11.7. The second kappa shape index (κ2) is 12.5. The van der Waals surface area contributed by atoms with Gasteiger partial charge in [-0.2, -0.15) is 0 Å². The number of pyridine rings is 1. The highest BCUT2D eigenvalue weighted by molar-refractivity contribution is 7.26. The smallest absolute Gasteiger partial charge is 0.137 e. The molecule has 5 nitrogen and oxygen atoms in total. The van der Waals surface area contributed by atoms with Gasteiger partial charge in [-0.3, -0.25) is 4.57 Å². The lowest BCUT2D eigenvalue weighted by Gasteiger charge is -2.25. The molecule has 0 atom stereocenters. The van der Waals surface area contributed by atoms with Gasteiger partial charge in [0.05, 0.1) is 22.4 Å². The Morgan fingerprint density at radius 1 is 0.636 bits per heavy atom. The highest BCUT2D eigenvalue weighted by atomic mass is 32.1. The molecule has 1 aliphatic rings. The molecule has 6 heteroatoms. The van der Waals surface area contributed by atoms with Crippen molar-refractivity contribution in [1.29, 1.82) is 0 Å². The van der Waals surface area contributed by atoms with Crippen LogP contribution in [-0.4, -0.2) is 16.2 Å². The van der Waals surface area contributed by atoms with E-state index in [1.54, 1.807) is 0 Å². The number of benzene rings is 6. The lowest BCUT2D eigenvalue weighted by molar-refractivity contribution is 0.483. The Morgan fingerprint density at radius 2 is 1.36 bits per heavy atom. The molecular formula is C49H42N4OS. The minimum absolute atomic E-state index is 0.0230. The SMILES string of the molecule is Cc1cc(C)c(N2CN(c3cccc(Oc4ccc5c6ccc7sc8ccccc8c7c6n(-c6cc(C(C)(C)C)ccn6)c5c4)c3)c3ccccc32)c(C)c1. The van der Waals surface area contributed by atoms with Crippen molar-refractivity contribution in [3.05, 3.63) is 156 Å². The number of aryl methyl sites for hydroxylation is 3. The van der Waals surface area contributed by atoms with Crippen molar-refractivity contribution in [3.63, 3.8) is 0 Å². The first kappa shape index (κ1) is 33.5. The Morgan fingerprint density at radius 3 is 2.16 bits per heavy atom. The molecule has 4 heterocycles. The zero-order valence-electron chi connectivity index (χ0n) is 32.0. The monoisotopic (exact) mass is 734 g/mol. The minimum Gasteiger partial charge on any atom is -0.457 e. The summed E-state index contributed by atoms with van der Waals surface area (Å²) in [4.78, 5) is 9.84. The average molecular weight is 735 g/mol. The third-order valence-corrected chi connectivity index (χ3v) is 12.2. The van der Waals surface area contributed by atoms with Gasteiger partial charge in [0.1, 0.15) is 24.0 Å². The van der Waals surface area contributed by atoms with Crippen molar-refractivity contribution in [3.8, 4) is 17.3 Å². The first-order valence-electron chi connectivity index (χ1n) is 19.0. The first-order chi connectivity index (χ1) is 26.6. The highest BCUT2D eigenvalue weighted by Gasteiger charge is 2.30. The normalized spacial score (nSPS) is 13.1. The van der Waals surface area contributed by atoms with Gasteiger partial charge in [0.25, 0.3) is 0 Å². The molecule has 270 valence electrons. The molecule has 0 unspecified atom stereocenters. The van der Waals surface area contributed by atoms with Crippen LogP contribution in [-0.2, 0) is 5.41 Å². The predicted molar refractivity (Wildman–Crippen MR) is 233 cm³/mol. The van der Waals surface area contributed by atoms with Gasteiger partial charge in [-0.15, -0.1) is 11.3 Å². The summed E-state index contributed by atoms with van der Waals surface area (Å²) in [6, 6.07) is 45.9. The van der Waals surface area contributed by atoms with Crippen molar-refractivity contribution in [2.45, 2.75) is 47.0 Å². The van der Waals surface area contributed by atoms with Gasteiger partial charge in [0.2, 0.25) is 0 Å². The van der Waals surface area contributed by atoms with Crippen molar-refractivity contribution in [2.24, 2.45) is 0 Å². The summed E-state index contributed by atoms with van der Waals surface area (Å²) >= 11 is 1.85. The summed E-state index contributed by atoms with van der Waals surface area (Å²) in [6.07, 6.45) is 1.95. The van der Waals surface area contributed by atoms with Crippen LogP contribution in [0, 0.1) is 20.8 Å². The van der Waals surface area contributed by atoms with E-state index in [0.717, 1.165) is 28.5 Å². The number of rotatable bonds is 5. The Bertz CT molecular complexity index is 2960. The molecule has 0 spiro atoms. The van der Waals surface area contributed by atoms with E-state index >= 15 is 0 Å². The van der Waals surface area contributed by atoms with Crippen LogP contribution in [0.15, 0.2) is 134 Å². The van der Waals surface area contributed by atoms with E-state index in [1.807, 2.05) is 23.6 Å². The van der Waals surface area contributed by atoms with Crippen molar-refractivity contribution in [2.75, 3.05) is 16.5 Å². The maximum absolute atomic E-state index is 6.77. The van der Waals surface area contributed by atoms with Crippen LogP contribution in [0.1, 0.15) is 43.0 Å². The average Bonchev–Trinajstić information content (AvgIpc) is 3.84. The van der Waals surface area contributed by atoms with E-state index in [0.29, 0.717) is 6.67 Å². The number of anilines is 4. The zero-order valence-corrected chi connectivity index (χ0v) is 32.8. The summed E-state index contributed by atoms with van der Waals surface area (Å²) in [5, 5.41) is 4.92. The third kappa shape index (κ3) is 5.46. The molecule has 0 fully saturated rings. The minimum atomic E-state index is -0.0230. The fourth-order valence-electron chi connectivity index (χ4n) is 8.68. The number of hydrogen-bond acceptors (Lipinski definition) is 5. The molecule has 9 aromatic rings. The second-order valence-corrected chi connectivity index (χ2v) is 17.0. The molecule has 0 radical (unpaired) electrons. The van der Waals surface area contributed by atoms with Crippen molar-refractivity contribution in [1.82, 2.24) is 9.55 Å². The standard InChI is InChI=1S/C49H42N4OS/c1-30-24-31(2)47(32(3)25-30)52-29-51(40-15-8-9-16-41(40)52)34-12-11-13-35(27-34)54-36-18-19-37-38-20-21-44-46(39-14-7-10-17-43(39)55-44)48(38)53(42(37)28-36)45-26-33(22-23-50-45)49(4,5)6/h7-28H,29H2,1-6H3. The summed E-state index contributed by atoms with van der Waals surface area (Å²) in [5.41, 5.74) is 12.1. The molecule has 0 bridgehead atoms. The maximum atomic E-state index is 6.77. The largest absolute Gasteiger partial charge is 0.457 e. The summed E-state index contributed by atoms with van der Waals surface area (Å²) in [6.45, 7) is 14.1. The predicted octanol–water partition coefficient (Wildman–Crippen LogP) is 13.8. The maximum Gasteiger partial charge on any atom is 0.137 e. The molecule has 10 rings (SSSR count). The van der Waals surface area contributed by atoms with Crippen molar-refractivity contribution < 1.29 is 4.74 Å². The first-order valence-corrected chi connectivity index (χ1v) is 19.8. The Hall–Kier alpha value is -6.11. The third-order valence-electron chi connectivity index (χ3n) is 11.1. The number of thiophene rings is 1. The second-order valence-electron chi connectivity index (χ2n) is 15.9. The van der Waals surface area contributed by atoms with Gasteiger partial charge in [-0.25, -0.2) is 4.98 Å². The number of fused-ring (bicyclic) bond motifs is 8. The molecule has 0 aliphatic carbocycles. The number of nitrogens with zero attached hydrogens (tertiary/aromatic N) is 4. The van der Waals surface area contributed by atoms with E-state index < -0.39 is 0 Å². The molecule has 6 aromatic carbocycles. The van der Waals surface area contributed by atoms with E-state index in [2.05, 4.69) is 177 Å². The van der Waals surface area contributed by atoms with Gasteiger partial charge in [0.15, 0.2) is 0 Å². The lowest BCUT2D eigenvalue weighted by atomic mass is 9.88. The molecular weight excluding hydrogens is 693 g/mol. The van der Waals surface area contributed by atoms with Crippen LogP contribution in [0.4, 0.5) is 22.7 Å². The topological polar surface area (TPSA) is 33.5 Å². The van der Waals surface area contributed by atoms with E-state index in [9.17, 15) is 0 Å². The van der Waals surface area contributed by atoms with E-state index in [1.165, 1.54) is 75.8 Å². The molecule has 0 amide bonds. The van der Waals surface area contributed by atoms with Crippen LogP contribution in [0.2, 0.25) is 0 Å². The van der Waals surface area contributed by atoms with Crippen LogP contribution >= 0.6 is 11.3 Å². The molecule has 1 aliphatic heterocycles. The Labute approximate surface area is 325 Å². The Balaban J connectivity index is 1.09. The molecule has 55 heavy (non-hydrogen) atoms. The van der Waals surface area contributed by atoms with Crippen LogP contribution < -0.4 is 14.5 Å². The summed E-state index contributed by atoms with van der Waals surface area (Å²) in [7, 11) is 0. The quantitative estimate of drug-likeness (QED) is 0.176.